The number of hydrogen-bond acceptors (Lipinski definition) is 3. The Bertz CT molecular complexity index is 471. The Kier molecular flexibility index (Phi) is 2.98. The monoisotopic (exact) mass is 247 g/mol. The van der Waals surface area contributed by atoms with Crippen molar-refractivity contribution < 1.29 is 12.8 Å². The van der Waals surface area contributed by atoms with Crippen molar-refractivity contribution in [3.8, 4) is 0 Å². The fourth-order valence-corrected chi connectivity index (χ4v) is 3.24. The summed E-state index contributed by atoms with van der Waals surface area (Å²) in [5.41, 5.74) is 0. The van der Waals surface area contributed by atoms with Crippen LogP contribution >= 0.6 is 0 Å². The first kappa shape index (κ1) is 11.5. The van der Waals surface area contributed by atoms with E-state index in [0.29, 0.717) is 19.4 Å². The zero-order chi connectivity index (χ0) is 11.8. The van der Waals surface area contributed by atoms with Crippen LogP contribution in [0.1, 0.15) is 12.8 Å². The molecular formula is C9H14FN3O2S. The van der Waals surface area contributed by atoms with Crippen LogP contribution in [0.15, 0.2) is 17.6 Å². The number of sulfonamides is 1. The lowest BCUT2D eigenvalue weighted by Crippen LogP contribution is -2.40. The number of nitrogens with zero attached hydrogens (tertiary/aromatic N) is 3. The molecule has 2 heterocycles. The minimum Gasteiger partial charge on any atom is -0.339 e. The lowest BCUT2D eigenvalue weighted by Gasteiger charge is -2.27. The maximum Gasteiger partial charge on any atom is 0.262 e. The van der Waals surface area contributed by atoms with Gasteiger partial charge in [-0.05, 0) is 12.8 Å². The molecule has 16 heavy (non-hydrogen) atoms. The van der Waals surface area contributed by atoms with Crippen LogP contribution in [0.25, 0.3) is 0 Å². The molecule has 0 bridgehead atoms. The van der Waals surface area contributed by atoms with Gasteiger partial charge in [0.05, 0.1) is 6.33 Å². The van der Waals surface area contributed by atoms with E-state index >= 15 is 0 Å². The van der Waals surface area contributed by atoms with E-state index in [2.05, 4.69) is 4.98 Å². The topological polar surface area (TPSA) is 55.2 Å². The number of rotatable bonds is 2. The quantitative estimate of drug-likeness (QED) is 0.766. The highest BCUT2D eigenvalue weighted by molar-refractivity contribution is 7.89. The second kappa shape index (κ2) is 4.14. The summed E-state index contributed by atoms with van der Waals surface area (Å²) in [6.07, 6.45) is 2.79. The molecule has 1 saturated heterocycles. The van der Waals surface area contributed by atoms with E-state index in [-0.39, 0.29) is 11.6 Å². The lowest BCUT2D eigenvalue weighted by atomic mass is 10.1. The second-order valence-corrected chi connectivity index (χ2v) is 5.86. The first-order chi connectivity index (χ1) is 7.50. The Morgan fingerprint density at radius 3 is 2.88 bits per heavy atom. The molecule has 0 spiro atoms. The molecule has 0 saturated carbocycles. The summed E-state index contributed by atoms with van der Waals surface area (Å²) in [4.78, 5) is 3.80. The highest BCUT2D eigenvalue weighted by atomic mass is 32.2. The summed E-state index contributed by atoms with van der Waals surface area (Å²) < 4.78 is 39.9. The van der Waals surface area contributed by atoms with Gasteiger partial charge >= 0.3 is 0 Å². The van der Waals surface area contributed by atoms with Gasteiger partial charge in [-0.1, -0.05) is 0 Å². The average molecular weight is 247 g/mol. The number of imidazole rings is 1. The summed E-state index contributed by atoms with van der Waals surface area (Å²) >= 11 is 0. The van der Waals surface area contributed by atoms with Crippen LogP contribution < -0.4 is 0 Å². The van der Waals surface area contributed by atoms with Crippen LogP contribution in [-0.4, -0.2) is 41.5 Å². The first-order valence-electron chi connectivity index (χ1n) is 5.12. The number of aryl methyl sites for hydroxylation is 1. The minimum absolute atomic E-state index is 0.0101. The Hall–Kier alpha value is -0.950. The largest absolute Gasteiger partial charge is 0.339 e. The third-order valence-electron chi connectivity index (χ3n) is 2.61. The van der Waals surface area contributed by atoms with Crippen LogP contribution in [0.5, 0.6) is 0 Å². The summed E-state index contributed by atoms with van der Waals surface area (Å²) in [5.74, 6) is 0. The Balaban J connectivity index is 2.25. The molecule has 0 unspecified atom stereocenters. The molecule has 7 heteroatoms. The third kappa shape index (κ3) is 2.10. The van der Waals surface area contributed by atoms with Crippen molar-refractivity contribution in [2.24, 2.45) is 7.05 Å². The van der Waals surface area contributed by atoms with Crippen molar-refractivity contribution in [1.82, 2.24) is 13.9 Å². The van der Waals surface area contributed by atoms with Crippen molar-refractivity contribution in [3.05, 3.63) is 12.5 Å². The predicted octanol–water partition coefficient (Wildman–Crippen LogP) is 0.543. The van der Waals surface area contributed by atoms with Gasteiger partial charge in [-0.2, -0.15) is 4.31 Å². The molecule has 0 N–H and O–H groups in total. The molecule has 1 aromatic heterocycles. The van der Waals surface area contributed by atoms with Crippen LogP contribution in [0, 0.1) is 0 Å². The molecule has 0 aromatic carbocycles. The molecule has 5 nitrogen and oxygen atoms in total. The molecule has 1 aromatic rings. The highest BCUT2D eigenvalue weighted by Gasteiger charge is 2.31. The normalized spacial score (nSPS) is 23.5. The van der Waals surface area contributed by atoms with Gasteiger partial charge in [-0.25, -0.2) is 17.8 Å². The van der Waals surface area contributed by atoms with Gasteiger partial charge in [0.15, 0.2) is 5.03 Å². The Morgan fingerprint density at radius 1 is 1.56 bits per heavy atom. The van der Waals surface area contributed by atoms with Gasteiger partial charge < -0.3 is 4.57 Å². The third-order valence-corrected chi connectivity index (χ3v) is 4.36. The molecule has 1 atom stereocenters. The van der Waals surface area contributed by atoms with E-state index < -0.39 is 16.2 Å². The zero-order valence-corrected chi connectivity index (χ0v) is 9.82. The summed E-state index contributed by atoms with van der Waals surface area (Å²) in [7, 11) is -1.92. The van der Waals surface area contributed by atoms with Gasteiger partial charge in [-0.15, -0.1) is 0 Å². The molecular weight excluding hydrogens is 233 g/mol. The molecule has 1 fully saturated rings. The molecule has 1 aliphatic rings. The SMILES string of the molecule is Cn1cnc(S(=O)(=O)N2CCC[C@H](F)C2)c1. The minimum atomic E-state index is -3.61. The van der Waals surface area contributed by atoms with E-state index in [4.69, 9.17) is 0 Å². The van der Waals surface area contributed by atoms with E-state index in [1.807, 2.05) is 0 Å². The van der Waals surface area contributed by atoms with Crippen molar-refractivity contribution in [3.63, 3.8) is 0 Å². The predicted molar refractivity (Wildman–Crippen MR) is 56.1 cm³/mol. The number of piperidine rings is 1. The summed E-state index contributed by atoms with van der Waals surface area (Å²) in [6.45, 7) is 0.318. The highest BCUT2D eigenvalue weighted by Crippen LogP contribution is 2.20. The molecule has 0 amide bonds. The van der Waals surface area contributed by atoms with Crippen LogP contribution in [0.4, 0.5) is 4.39 Å². The Morgan fingerprint density at radius 2 is 2.31 bits per heavy atom. The van der Waals surface area contributed by atoms with Crippen molar-refractivity contribution in [2.45, 2.75) is 24.0 Å². The second-order valence-electron chi connectivity index (χ2n) is 3.98. The lowest BCUT2D eigenvalue weighted by molar-refractivity contribution is 0.202. The first-order valence-corrected chi connectivity index (χ1v) is 6.56. The maximum absolute atomic E-state index is 13.2. The average Bonchev–Trinajstić information content (AvgIpc) is 2.65. The van der Waals surface area contributed by atoms with Gasteiger partial charge in [0.2, 0.25) is 0 Å². The standard InChI is InChI=1S/C9H14FN3O2S/c1-12-6-9(11-7-12)16(14,15)13-4-2-3-8(10)5-13/h6-8H,2-5H2,1H3/t8-/m0/s1. The summed E-state index contributed by atoms with van der Waals surface area (Å²) in [5, 5.41) is -0.0101. The van der Waals surface area contributed by atoms with Gasteiger partial charge in [0.1, 0.15) is 6.17 Å². The number of aromatic nitrogens is 2. The number of halogens is 1. The molecule has 0 aliphatic carbocycles. The molecule has 0 radical (unpaired) electrons. The van der Waals surface area contributed by atoms with Gasteiger partial charge in [0.25, 0.3) is 10.0 Å². The maximum atomic E-state index is 13.2. The van der Waals surface area contributed by atoms with Crippen LogP contribution in [-0.2, 0) is 17.1 Å². The molecule has 1 aliphatic heterocycles. The molecule has 90 valence electrons. The zero-order valence-electron chi connectivity index (χ0n) is 9.00. The Labute approximate surface area is 93.9 Å². The van der Waals surface area contributed by atoms with Gasteiger partial charge in [-0.3, -0.25) is 0 Å². The number of alkyl halides is 1. The smallest absolute Gasteiger partial charge is 0.262 e. The van der Waals surface area contributed by atoms with E-state index in [1.165, 1.54) is 16.8 Å². The van der Waals surface area contributed by atoms with Gasteiger partial charge in [0, 0.05) is 26.3 Å². The van der Waals surface area contributed by atoms with Crippen LogP contribution in [0.3, 0.4) is 0 Å². The van der Waals surface area contributed by atoms with E-state index in [1.54, 1.807) is 11.6 Å². The van der Waals surface area contributed by atoms with E-state index in [0.717, 1.165) is 0 Å². The number of hydrogen-bond donors (Lipinski definition) is 0. The molecule has 2 rings (SSSR count). The fourth-order valence-electron chi connectivity index (χ4n) is 1.77. The van der Waals surface area contributed by atoms with Crippen LogP contribution in [0.2, 0.25) is 0 Å². The fraction of sp³-hybridized carbons (Fsp3) is 0.667. The van der Waals surface area contributed by atoms with Crippen molar-refractivity contribution >= 4 is 10.0 Å². The van der Waals surface area contributed by atoms with Crippen molar-refractivity contribution in [1.29, 1.82) is 0 Å². The van der Waals surface area contributed by atoms with E-state index in [9.17, 15) is 12.8 Å². The van der Waals surface area contributed by atoms with Crippen molar-refractivity contribution in [2.75, 3.05) is 13.1 Å². The summed E-state index contributed by atoms with van der Waals surface area (Å²) in [6, 6.07) is 0.